The maximum atomic E-state index is 5.52. The van der Waals surface area contributed by atoms with Crippen LogP contribution in [0.3, 0.4) is 0 Å². The van der Waals surface area contributed by atoms with Crippen LogP contribution in [0.25, 0.3) is 0 Å². The number of rotatable bonds is 3. The average Bonchev–Trinajstić information content (AvgIpc) is 2.88. The second kappa shape index (κ2) is 5.14. The lowest BCUT2D eigenvalue weighted by atomic mass is 9.98. The van der Waals surface area contributed by atoms with E-state index in [0.717, 1.165) is 31.3 Å². The van der Waals surface area contributed by atoms with Crippen molar-refractivity contribution in [3.63, 3.8) is 0 Å². The van der Waals surface area contributed by atoms with Gasteiger partial charge in [0.1, 0.15) is 0 Å². The van der Waals surface area contributed by atoms with E-state index < -0.39 is 0 Å². The van der Waals surface area contributed by atoms with Gasteiger partial charge in [0.15, 0.2) is 11.5 Å². The van der Waals surface area contributed by atoms with Gasteiger partial charge in [0, 0.05) is 12.6 Å². The smallest absolute Gasteiger partial charge is 0.231 e. The Kier molecular flexibility index (Phi) is 3.36. The molecule has 0 amide bonds. The van der Waals surface area contributed by atoms with Crippen LogP contribution in [0.5, 0.6) is 11.5 Å². The van der Waals surface area contributed by atoms with Crippen molar-refractivity contribution in [1.29, 1.82) is 0 Å². The first-order valence-electron chi connectivity index (χ1n) is 6.26. The maximum absolute atomic E-state index is 5.52. The van der Waals surface area contributed by atoms with Crippen LogP contribution in [-0.2, 0) is 4.74 Å². The molecule has 0 aromatic heterocycles. The monoisotopic (exact) mass is 250 g/mol. The van der Waals surface area contributed by atoms with E-state index in [1.807, 2.05) is 19.2 Å². The highest BCUT2D eigenvalue weighted by molar-refractivity contribution is 5.45. The first kappa shape index (κ1) is 11.8. The molecule has 1 aromatic rings. The van der Waals surface area contributed by atoms with E-state index in [0.29, 0.717) is 6.79 Å². The standard InChI is InChI=1S/C13H18N2O3/c1-14-13(10-7-16-5-4-15-10)9-2-3-11-12(6-9)18-8-17-11/h2-3,6,10,13-15H,4-5,7-8H2,1H3. The van der Waals surface area contributed by atoms with E-state index in [1.165, 1.54) is 5.56 Å². The molecule has 5 heteroatoms. The molecule has 2 unspecified atom stereocenters. The summed E-state index contributed by atoms with van der Waals surface area (Å²) in [5.74, 6) is 1.64. The van der Waals surface area contributed by atoms with Crippen LogP contribution < -0.4 is 20.1 Å². The summed E-state index contributed by atoms with van der Waals surface area (Å²) in [5, 5.41) is 6.82. The lowest BCUT2D eigenvalue weighted by Gasteiger charge is -2.31. The molecule has 5 nitrogen and oxygen atoms in total. The van der Waals surface area contributed by atoms with Crippen molar-refractivity contribution in [1.82, 2.24) is 10.6 Å². The van der Waals surface area contributed by atoms with E-state index in [1.54, 1.807) is 0 Å². The van der Waals surface area contributed by atoms with E-state index in [-0.39, 0.29) is 12.1 Å². The summed E-state index contributed by atoms with van der Waals surface area (Å²) in [6.45, 7) is 2.72. The van der Waals surface area contributed by atoms with E-state index in [9.17, 15) is 0 Å². The number of fused-ring (bicyclic) bond motifs is 1. The lowest BCUT2D eigenvalue weighted by Crippen LogP contribution is -2.48. The minimum Gasteiger partial charge on any atom is -0.454 e. The Morgan fingerprint density at radius 1 is 1.33 bits per heavy atom. The van der Waals surface area contributed by atoms with E-state index >= 15 is 0 Å². The molecule has 18 heavy (non-hydrogen) atoms. The van der Waals surface area contributed by atoms with Gasteiger partial charge in [0.05, 0.1) is 19.3 Å². The van der Waals surface area contributed by atoms with E-state index in [2.05, 4.69) is 16.7 Å². The Hall–Kier alpha value is -1.30. The fourth-order valence-electron chi connectivity index (χ4n) is 2.51. The fourth-order valence-corrected chi connectivity index (χ4v) is 2.51. The fraction of sp³-hybridized carbons (Fsp3) is 0.538. The van der Waals surface area contributed by atoms with Crippen LogP contribution in [0.1, 0.15) is 11.6 Å². The van der Waals surface area contributed by atoms with Crippen molar-refractivity contribution < 1.29 is 14.2 Å². The van der Waals surface area contributed by atoms with Gasteiger partial charge in [0.2, 0.25) is 6.79 Å². The quantitative estimate of drug-likeness (QED) is 0.825. The van der Waals surface area contributed by atoms with Crippen LogP contribution in [0.4, 0.5) is 0 Å². The number of ether oxygens (including phenoxy) is 3. The molecular formula is C13H18N2O3. The van der Waals surface area contributed by atoms with Gasteiger partial charge in [-0.05, 0) is 24.7 Å². The van der Waals surface area contributed by atoms with Crippen molar-refractivity contribution in [3.05, 3.63) is 23.8 Å². The Bertz CT molecular complexity index is 419. The predicted octanol–water partition coefficient (Wildman–Crippen LogP) is 0.664. The number of likely N-dealkylation sites (N-methyl/N-ethyl adjacent to an activating group) is 1. The molecule has 2 aliphatic heterocycles. The van der Waals surface area contributed by atoms with Crippen molar-refractivity contribution in [2.75, 3.05) is 33.6 Å². The van der Waals surface area contributed by atoms with Gasteiger partial charge in [-0.2, -0.15) is 0 Å². The van der Waals surface area contributed by atoms with Crippen molar-refractivity contribution >= 4 is 0 Å². The largest absolute Gasteiger partial charge is 0.454 e. The second-order valence-corrected chi connectivity index (χ2v) is 4.51. The van der Waals surface area contributed by atoms with Crippen LogP contribution in [0.15, 0.2) is 18.2 Å². The molecule has 2 atom stereocenters. The number of benzene rings is 1. The van der Waals surface area contributed by atoms with Gasteiger partial charge in [-0.3, -0.25) is 0 Å². The molecule has 2 aliphatic rings. The minimum atomic E-state index is 0.208. The Morgan fingerprint density at radius 3 is 3.00 bits per heavy atom. The summed E-state index contributed by atoms with van der Waals surface area (Å²) >= 11 is 0. The minimum absolute atomic E-state index is 0.208. The Balaban J connectivity index is 1.82. The number of hydrogen-bond donors (Lipinski definition) is 2. The molecule has 2 heterocycles. The zero-order valence-electron chi connectivity index (χ0n) is 10.4. The molecule has 0 aliphatic carbocycles. The molecule has 1 fully saturated rings. The summed E-state index contributed by atoms with van der Waals surface area (Å²) in [6.07, 6.45) is 0. The first-order valence-corrected chi connectivity index (χ1v) is 6.26. The van der Waals surface area contributed by atoms with Gasteiger partial charge in [0.25, 0.3) is 0 Å². The van der Waals surface area contributed by atoms with Crippen LogP contribution in [0, 0.1) is 0 Å². The van der Waals surface area contributed by atoms with Crippen molar-refractivity contribution in [2.24, 2.45) is 0 Å². The molecule has 2 N–H and O–H groups in total. The molecule has 0 saturated carbocycles. The summed E-state index contributed by atoms with van der Waals surface area (Å²) in [4.78, 5) is 0. The molecule has 1 aromatic carbocycles. The van der Waals surface area contributed by atoms with Crippen LogP contribution in [0.2, 0.25) is 0 Å². The van der Waals surface area contributed by atoms with Gasteiger partial charge >= 0.3 is 0 Å². The maximum Gasteiger partial charge on any atom is 0.231 e. The highest BCUT2D eigenvalue weighted by Gasteiger charge is 2.25. The molecule has 0 spiro atoms. The predicted molar refractivity (Wildman–Crippen MR) is 67.0 cm³/mol. The van der Waals surface area contributed by atoms with Gasteiger partial charge in [-0.25, -0.2) is 0 Å². The van der Waals surface area contributed by atoms with E-state index in [4.69, 9.17) is 14.2 Å². The lowest BCUT2D eigenvalue weighted by molar-refractivity contribution is 0.0645. The molecule has 0 radical (unpaired) electrons. The van der Waals surface area contributed by atoms with Gasteiger partial charge < -0.3 is 24.8 Å². The first-order chi connectivity index (χ1) is 8.88. The number of nitrogens with one attached hydrogen (secondary N) is 2. The normalized spacial score (nSPS) is 23.9. The summed E-state index contributed by atoms with van der Waals surface area (Å²) < 4.78 is 16.3. The number of morpholine rings is 1. The SMILES string of the molecule is CNC(c1ccc2c(c1)OCO2)C1COCCN1. The number of hydrogen-bond acceptors (Lipinski definition) is 5. The Labute approximate surface area is 106 Å². The summed E-state index contributed by atoms with van der Waals surface area (Å²) in [5.41, 5.74) is 1.18. The summed E-state index contributed by atoms with van der Waals surface area (Å²) in [6, 6.07) is 6.57. The molecule has 98 valence electrons. The third kappa shape index (κ3) is 2.16. The second-order valence-electron chi connectivity index (χ2n) is 4.51. The zero-order valence-corrected chi connectivity index (χ0v) is 10.4. The molecular weight excluding hydrogens is 232 g/mol. The van der Waals surface area contributed by atoms with Crippen molar-refractivity contribution in [3.8, 4) is 11.5 Å². The third-order valence-corrected chi connectivity index (χ3v) is 3.42. The Morgan fingerprint density at radius 2 is 2.22 bits per heavy atom. The molecule has 0 bridgehead atoms. The highest BCUT2D eigenvalue weighted by Crippen LogP contribution is 2.34. The van der Waals surface area contributed by atoms with Crippen LogP contribution in [-0.4, -0.2) is 39.6 Å². The topological polar surface area (TPSA) is 51.8 Å². The van der Waals surface area contributed by atoms with Gasteiger partial charge in [-0.15, -0.1) is 0 Å². The van der Waals surface area contributed by atoms with Crippen molar-refractivity contribution in [2.45, 2.75) is 12.1 Å². The average molecular weight is 250 g/mol. The van der Waals surface area contributed by atoms with Crippen LogP contribution >= 0.6 is 0 Å². The molecule has 3 rings (SSSR count). The summed E-state index contributed by atoms with van der Waals surface area (Å²) in [7, 11) is 1.96. The third-order valence-electron chi connectivity index (χ3n) is 3.42. The zero-order chi connectivity index (χ0) is 12.4. The highest BCUT2D eigenvalue weighted by atomic mass is 16.7. The molecule has 1 saturated heterocycles. The van der Waals surface area contributed by atoms with Gasteiger partial charge in [-0.1, -0.05) is 6.07 Å².